The van der Waals surface area contributed by atoms with E-state index in [1.165, 1.54) is 0 Å². The van der Waals surface area contributed by atoms with Gasteiger partial charge >= 0.3 is 0 Å². The summed E-state index contributed by atoms with van der Waals surface area (Å²) in [5.41, 5.74) is 2.79. The van der Waals surface area contributed by atoms with Gasteiger partial charge in [0.1, 0.15) is 11.2 Å². The van der Waals surface area contributed by atoms with Crippen molar-refractivity contribution in [3.8, 4) is 5.69 Å². The first-order chi connectivity index (χ1) is 10.2. The second-order valence-electron chi connectivity index (χ2n) is 5.41. The van der Waals surface area contributed by atoms with Gasteiger partial charge in [0.15, 0.2) is 0 Å². The van der Waals surface area contributed by atoms with Crippen molar-refractivity contribution in [2.75, 3.05) is 0 Å². The van der Waals surface area contributed by atoms with E-state index in [0.29, 0.717) is 0 Å². The van der Waals surface area contributed by atoms with Crippen LogP contribution in [0, 0.1) is 6.92 Å². The number of rotatable bonds is 3. The zero-order valence-corrected chi connectivity index (χ0v) is 12.3. The lowest BCUT2D eigenvalue weighted by molar-refractivity contribution is 0.494. The van der Waals surface area contributed by atoms with E-state index in [4.69, 9.17) is 11.6 Å². The second kappa shape index (κ2) is 4.43. The molecule has 1 aromatic carbocycles. The van der Waals surface area contributed by atoms with Crippen LogP contribution in [-0.2, 0) is 5.54 Å². The van der Waals surface area contributed by atoms with E-state index >= 15 is 0 Å². The highest BCUT2D eigenvalue weighted by Crippen LogP contribution is 2.47. The molecule has 0 radical (unpaired) electrons. The number of aromatic nitrogens is 5. The zero-order chi connectivity index (χ0) is 14.4. The summed E-state index contributed by atoms with van der Waals surface area (Å²) in [6, 6.07) is 7.73. The van der Waals surface area contributed by atoms with Gasteiger partial charge in [-0.25, -0.2) is 4.68 Å². The van der Waals surface area contributed by atoms with Crippen molar-refractivity contribution >= 4 is 11.6 Å². The minimum absolute atomic E-state index is 0.117. The predicted molar refractivity (Wildman–Crippen MR) is 79.6 cm³/mol. The highest BCUT2D eigenvalue weighted by atomic mass is 35.5. The lowest BCUT2D eigenvalue weighted by Crippen LogP contribution is -2.19. The Balaban J connectivity index is 1.76. The molecule has 1 saturated carbocycles. The van der Waals surface area contributed by atoms with Crippen LogP contribution in [0.2, 0.25) is 5.02 Å². The van der Waals surface area contributed by atoms with Gasteiger partial charge in [-0.2, -0.15) is 5.10 Å². The molecule has 4 rings (SSSR count). The van der Waals surface area contributed by atoms with Crippen LogP contribution in [0.15, 0.2) is 42.9 Å². The van der Waals surface area contributed by atoms with Gasteiger partial charge < -0.3 is 0 Å². The molecule has 2 aromatic heterocycles. The molecular formula is C15H14ClN5. The summed E-state index contributed by atoms with van der Waals surface area (Å²) in [5, 5.41) is 13.7. The molecule has 0 aliphatic heterocycles. The van der Waals surface area contributed by atoms with Crippen LogP contribution in [0.1, 0.15) is 24.1 Å². The number of hydrogen-bond acceptors (Lipinski definition) is 3. The third-order valence-corrected chi connectivity index (χ3v) is 4.53. The molecule has 0 amide bonds. The Labute approximate surface area is 127 Å². The van der Waals surface area contributed by atoms with E-state index in [9.17, 15) is 0 Å². The lowest BCUT2D eigenvalue weighted by Gasteiger charge is -2.12. The largest absolute Gasteiger partial charge is 0.260 e. The molecule has 0 N–H and O–H groups in total. The van der Waals surface area contributed by atoms with Crippen molar-refractivity contribution in [1.29, 1.82) is 0 Å². The summed E-state index contributed by atoms with van der Waals surface area (Å²) in [6.45, 7) is 1.99. The van der Waals surface area contributed by atoms with Crippen LogP contribution in [0.5, 0.6) is 0 Å². The van der Waals surface area contributed by atoms with Gasteiger partial charge in [0.25, 0.3) is 0 Å². The Morgan fingerprint density at radius 1 is 1.24 bits per heavy atom. The Morgan fingerprint density at radius 3 is 2.81 bits per heavy atom. The number of halogens is 1. The maximum absolute atomic E-state index is 6.18. The summed E-state index contributed by atoms with van der Waals surface area (Å²) in [4.78, 5) is 0. The highest BCUT2D eigenvalue weighted by molar-refractivity contribution is 6.31. The number of benzene rings is 1. The van der Waals surface area contributed by atoms with Crippen LogP contribution in [-0.4, -0.2) is 24.8 Å². The normalized spacial score (nSPS) is 16.1. The lowest BCUT2D eigenvalue weighted by atomic mass is 10.2. The molecule has 0 saturated heterocycles. The van der Waals surface area contributed by atoms with Crippen molar-refractivity contribution in [2.45, 2.75) is 25.3 Å². The van der Waals surface area contributed by atoms with Crippen LogP contribution in [0.3, 0.4) is 0 Å². The van der Waals surface area contributed by atoms with E-state index in [1.807, 2.05) is 48.3 Å². The number of hydrogen-bond donors (Lipinski definition) is 0. The molecule has 5 nitrogen and oxygen atoms in total. The molecule has 1 aliphatic carbocycles. The highest BCUT2D eigenvalue weighted by Gasteiger charge is 2.49. The standard InChI is InChI=1S/C15H14ClN5/c1-11-12(16)4-2-5-13(11)20-10-14(18-19-20)15(6-7-15)21-9-3-8-17-21/h2-5,8-10H,6-7H2,1H3. The topological polar surface area (TPSA) is 48.5 Å². The molecule has 106 valence electrons. The summed E-state index contributed by atoms with van der Waals surface area (Å²) < 4.78 is 3.77. The minimum Gasteiger partial charge on any atom is -0.260 e. The smallest absolute Gasteiger partial charge is 0.111 e. The fraction of sp³-hybridized carbons (Fsp3) is 0.267. The fourth-order valence-corrected chi connectivity index (χ4v) is 2.85. The van der Waals surface area contributed by atoms with Crippen molar-refractivity contribution in [3.63, 3.8) is 0 Å². The van der Waals surface area contributed by atoms with Gasteiger partial charge in [-0.1, -0.05) is 22.9 Å². The van der Waals surface area contributed by atoms with E-state index in [-0.39, 0.29) is 5.54 Å². The molecule has 21 heavy (non-hydrogen) atoms. The van der Waals surface area contributed by atoms with Gasteiger partial charge in [-0.3, -0.25) is 4.68 Å². The molecule has 2 heterocycles. The van der Waals surface area contributed by atoms with E-state index in [2.05, 4.69) is 15.4 Å². The molecule has 0 atom stereocenters. The first-order valence-corrected chi connectivity index (χ1v) is 7.27. The first kappa shape index (κ1) is 12.6. The fourth-order valence-electron chi connectivity index (χ4n) is 2.68. The van der Waals surface area contributed by atoms with E-state index < -0.39 is 0 Å². The van der Waals surface area contributed by atoms with Crippen LogP contribution in [0.25, 0.3) is 5.69 Å². The maximum Gasteiger partial charge on any atom is 0.111 e. The van der Waals surface area contributed by atoms with Gasteiger partial charge in [0.05, 0.1) is 11.9 Å². The van der Waals surface area contributed by atoms with Gasteiger partial charge in [-0.05, 0) is 43.5 Å². The van der Waals surface area contributed by atoms with Crippen LogP contribution in [0.4, 0.5) is 0 Å². The summed E-state index contributed by atoms with van der Waals surface area (Å²) in [5.74, 6) is 0. The maximum atomic E-state index is 6.18. The molecule has 1 aliphatic rings. The average molecular weight is 300 g/mol. The molecule has 0 unspecified atom stereocenters. The van der Waals surface area contributed by atoms with E-state index in [0.717, 1.165) is 34.8 Å². The van der Waals surface area contributed by atoms with Gasteiger partial charge in [0.2, 0.25) is 0 Å². The zero-order valence-electron chi connectivity index (χ0n) is 11.6. The Kier molecular flexibility index (Phi) is 2.65. The minimum atomic E-state index is -0.117. The Bertz CT molecular complexity index is 786. The van der Waals surface area contributed by atoms with Gasteiger partial charge in [0, 0.05) is 17.4 Å². The third kappa shape index (κ3) is 1.88. The molecule has 1 fully saturated rings. The molecule has 3 aromatic rings. The van der Waals surface area contributed by atoms with Crippen LogP contribution >= 0.6 is 11.6 Å². The third-order valence-electron chi connectivity index (χ3n) is 4.12. The first-order valence-electron chi connectivity index (χ1n) is 6.89. The Hall–Kier alpha value is -2.14. The molecule has 6 heteroatoms. The summed E-state index contributed by atoms with van der Waals surface area (Å²) in [7, 11) is 0. The van der Waals surface area contributed by atoms with Crippen LogP contribution < -0.4 is 0 Å². The van der Waals surface area contributed by atoms with Crippen molar-refractivity contribution in [3.05, 3.63) is 59.1 Å². The Morgan fingerprint density at radius 2 is 2.10 bits per heavy atom. The van der Waals surface area contributed by atoms with Crippen molar-refractivity contribution in [2.24, 2.45) is 0 Å². The second-order valence-corrected chi connectivity index (χ2v) is 5.82. The summed E-state index contributed by atoms with van der Waals surface area (Å²) >= 11 is 6.18. The SMILES string of the molecule is Cc1c(Cl)cccc1-n1cc(C2(n3cccn3)CC2)nn1. The molecule has 0 spiro atoms. The van der Waals surface area contributed by atoms with E-state index in [1.54, 1.807) is 10.9 Å². The molecular weight excluding hydrogens is 286 g/mol. The van der Waals surface area contributed by atoms with Crippen molar-refractivity contribution < 1.29 is 0 Å². The summed E-state index contributed by atoms with van der Waals surface area (Å²) in [6.07, 6.45) is 7.85. The van der Waals surface area contributed by atoms with Crippen molar-refractivity contribution in [1.82, 2.24) is 24.8 Å². The monoisotopic (exact) mass is 299 g/mol. The van der Waals surface area contributed by atoms with Gasteiger partial charge in [-0.15, -0.1) is 5.10 Å². The quantitative estimate of drug-likeness (QED) is 0.747. The molecule has 0 bridgehead atoms. The number of nitrogens with zero attached hydrogens (tertiary/aromatic N) is 5. The average Bonchev–Trinajstić information content (AvgIpc) is 2.95. The predicted octanol–water partition coefficient (Wildman–Crippen LogP) is 2.96.